The molecule has 0 bridgehead atoms. The highest BCUT2D eigenvalue weighted by atomic mass is 32.1. The van der Waals surface area contributed by atoms with Crippen molar-refractivity contribution in [2.75, 3.05) is 11.9 Å². The van der Waals surface area contributed by atoms with Gasteiger partial charge in [0, 0.05) is 4.88 Å². The number of thiophene rings is 1. The highest BCUT2D eigenvalue weighted by Crippen LogP contribution is 2.33. The molecule has 4 nitrogen and oxygen atoms in total. The topological polar surface area (TPSA) is 55.4 Å². The first-order chi connectivity index (χ1) is 11.0. The Balaban J connectivity index is 2.17. The number of anilines is 1. The summed E-state index contributed by atoms with van der Waals surface area (Å²) in [5.41, 5.74) is 1.37. The van der Waals surface area contributed by atoms with Crippen LogP contribution < -0.4 is 5.32 Å². The second-order valence-corrected chi connectivity index (χ2v) is 6.56. The maximum atomic E-state index is 12.2. The van der Waals surface area contributed by atoms with Gasteiger partial charge in [0.15, 0.2) is 0 Å². The molecule has 0 fully saturated rings. The van der Waals surface area contributed by atoms with Crippen molar-refractivity contribution < 1.29 is 14.3 Å². The lowest BCUT2D eigenvalue weighted by Crippen LogP contribution is -2.16. The summed E-state index contributed by atoms with van der Waals surface area (Å²) in [7, 11) is 0. The van der Waals surface area contributed by atoms with E-state index in [4.69, 9.17) is 4.74 Å². The summed E-state index contributed by atoms with van der Waals surface area (Å²) in [5.74, 6) is -0.252. The van der Waals surface area contributed by atoms with E-state index in [1.165, 1.54) is 11.3 Å². The highest BCUT2D eigenvalue weighted by Gasteiger charge is 2.20. The fourth-order valence-corrected chi connectivity index (χ4v) is 3.17. The van der Waals surface area contributed by atoms with E-state index < -0.39 is 5.97 Å². The number of esters is 1. The first-order valence-corrected chi connectivity index (χ1v) is 8.47. The Morgan fingerprint density at radius 2 is 1.91 bits per heavy atom. The van der Waals surface area contributed by atoms with Gasteiger partial charge in [-0.15, -0.1) is 11.3 Å². The van der Waals surface area contributed by atoms with Crippen LogP contribution in [-0.4, -0.2) is 18.5 Å². The van der Waals surface area contributed by atoms with E-state index in [-0.39, 0.29) is 18.2 Å². The first kappa shape index (κ1) is 17.2. The Morgan fingerprint density at radius 3 is 2.52 bits per heavy atom. The number of rotatable bonds is 6. The van der Waals surface area contributed by atoms with E-state index >= 15 is 0 Å². The van der Waals surface area contributed by atoms with Gasteiger partial charge in [-0.2, -0.15) is 0 Å². The molecule has 0 unspecified atom stereocenters. The number of carbonyl (C=O) groups is 2. The Labute approximate surface area is 140 Å². The molecular formula is C18H21NO3S. The van der Waals surface area contributed by atoms with Crippen LogP contribution in [0.15, 0.2) is 36.4 Å². The summed E-state index contributed by atoms with van der Waals surface area (Å²) in [6.07, 6.45) is 0.276. The van der Waals surface area contributed by atoms with Gasteiger partial charge in [-0.1, -0.05) is 44.2 Å². The molecule has 0 atom stereocenters. The molecule has 1 amide bonds. The van der Waals surface area contributed by atoms with Crippen LogP contribution in [0.1, 0.15) is 47.5 Å². The molecular weight excluding hydrogens is 310 g/mol. The Kier molecular flexibility index (Phi) is 5.93. The van der Waals surface area contributed by atoms with Crippen molar-refractivity contribution >= 4 is 28.2 Å². The van der Waals surface area contributed by atoms with E-state index in [0.717, 1.165) is 10.4 Å². The lowest BCUT2D eigenvalue weighted by Gasteiger charge is -2.06. The minimum Gasteiger partial charge on any atom is -0.462 e. The van der Waals surface area contributed by atoms with E-state index in [2.05, 4.69) is 19.2 Å². The molecule has 0 radical (unpaired) electrons. The molecule has 122 valence electrons. The molecule has 2 rings (SSSR count). The normalized spacial score (nSPS) is 10.6. The SMILES string of the molecule is CCOC(=O)c1cc(C(C)C)sc1NC(=O)Cc1ccccc1. The molecule has 1 aromatic carbocycles. The van der Waals surface area contributed by atoms with Crippen LogP contribution >= 0.6 is 11.3 Å². The number of carbonyl (C=O) groups excluding carboxylic acids is 2. The molecule has 0 saturated carbocycles. The zero-order chi connectivity index (χ0) is 16.8. The third-order valence-corrected chi connectivity index (χ3v) is 4.63. The van der Waals surface area contributed by atoms with Crippen molar-refractivity contribution in [1.82, 2.24) is 0 Å². The molecule has 0 aliphatic heterocycles. The maximum absolute atomic E-state index is 12.2. The smallest absolute Gasteiger partial charge is 0.341 e. The predicted octanol–water partition coefficient (Wildman–Crippen LogP) is 4.23. The van der Waals surface area contributed by atoms with Gasteiger partial charge in [-0.3, -0.25) is 4.79 Å². The van der Waals surface area contributed by atoms with Crippen LogP contribution in [0.25, 0.3) is 0 Å². The molecule has 1 aromatic heterocycles. The summed E-state index contributed by atoms with van der Waals surface area (Å²) in [6, 6.07) is 11.3. The number of amides is 1. The van der Waals surface area contributed by atoms with Crippen molar-refractivity contribution in [3.8, 4) is 0 Å². The van der Waals surface area contributed by atoms with Gasteiger partial charge in [-0.25, -0.2) is 4.79 Å². The van der Waals surface area contributed by atoms with Crippen LogP contribution in [0, 0.1) is 0 Å². The highest BCUT2D eigenvalue weighted by molar-refractivity contribution is 7.16. The van der Waals surface area contributed by atoms with Gasteiger partial charge >= 0.3 is 5.97 Å². The van der Waals surface area contributed by atoms with Crippen LogP contribution in [0.5, 0.6) is 0 Å². The maximum Gasteiger partial charge on any atom is 0.341 e. The summed E-state index contributed by atoms with van der Waals surface area (Å²) in [6.45, 7) is 6.18. The van der Waals surface area contributed by atoms with E-state index in [0.29, 0.717) is 17.2 Å². The second-order valence-electron chi connectivity index (χ2n) is 5.48. The number of hydrogen-bond acceptors (Lipinski definition) is 4. The van der Waals surface area contributed by atoms with E-state index in [1.54, 1.807) is 6.92 Å². The summed E-state index contributed by atoms with van der Waals surface area (Å²) in [4.78, 5) is 25.4. The average molecular weight is 331 g/mol. The third-order valence-electron chi connectivity index (χ3n) is 3.28. The Morgan fingerprint density at radius 1 is 1.22 bits per heavy atom. The largest absolute Gasteiger partial charge is 0.462 e. The zero-order valence-corrected chi connectivity index (χ0v) is 14.4. The van der Waals surface area contributed by atoms with Crippen LogP contribution in [0.4, 0.5) is 5.00 Å². The zero-order valence-electron chi connectivity index (χ0n) is 13.6. The molecule has 23 heavy (non-hydrogen) atoms. The lowest BCUT2D eigenvalue weighted by molar-refractivity contribution is -0.115. The van der Waals surface area contributed by atoms with Crippen molar-refractivity contribution in [3.05, 3.63) is 52.4 Å². The van der Waals surface area contributed by atoms with Gasteiger partial charge in [0.1, 0.15) is 5.00 Å². The predicted molar refractivity (Wildman–Crippen MR) is 93.1 cm³/mol. The molecule has 0 spiro atoms. The minimum atomic E-state index is -0.398. The van der Waals surface area contributed by atoms with Crippen molar-refractivity contribution in [3.63, 3.8) is 0 Å². The standard InChI is InChI=1S/C18H21NO3S/c1-4-22-18(21)14-11-15(12(2)3)23-17(14)19-16(20)10-13-8-6-5-7-9-13/h5-9,11-12H,4,10H2,1-3H3,(H,19,20). The molecule has 5 heteroatoms. The van der Waals surface area contributed by atoms with Crippen molar-refractivity contribution in [2.24, 2.45) is 0 Å². The summed E-state index contributed by atoms with van der Waals surface area (Å²) >= 11 is 1.43. The number of ether oxygens (including phenoxy) is 1. The van der Waals surface area contributed by atoms with Crippen LogP contribution in [-0.2, 0) is 16.0 Å². The molecule has 2 aromatic rings. The van der Waals surface area contributed by atoms with Crippen LogP contribution in [0.2, 0.25) is 0 Å². The van der Waals surface area contributed by atoms with Crippen molar-refractivity contribution in [1.29, 1.82) is 0 Å². The van der Waals surface area contributed by atoms with Gasteiger partial charge in [0.05, 0.1) is 18.6 Å². The second kappa shape index (κ2) is 7.92. The lowest BCUT2D eigenvalue weighted by atomic mass is 10.1. The van der Waals surface area contributed by atoms with Crippen molar-refractivity contribution in [2.45, 2.75) is 33.1 Å². The first-order valence-electron chi connectivity index (χ1n) is 7.65. The molecule has 1 heterocycles. The Hall–Kier alpha value is -2.14. The quantitative estimate of drug-likeness (QED) is 0.806. The molecule has 0 aliphatic rings. The van der Waals surface area contributed by atoms with E-state index in [9.17, 15) is 9.59 Å². The fourth-order valence-electron chi connectivity index (χ4n) is 2.10. The van der Waals surface area contributed by atoms with Gasteiger partial charge in [-0.05, 0) is 24.5 Å². The van der Waals surface area contributed by atoms with Gasteiger partial charge in [0.2, 0.25) is 5.91 Å². The number of nitrogens with one attached hydrogen (secondary N) is 1. The fraction of sp³-hybridized carbons (Fsp3) is 0.333. The van der Waals surface area contributed by atoms with Gasteiger partial charge in [0.25, 0.3) is 0 Å². The van der Waals surface area contributed by atoms with Crippen LogP contribution in [0.3, 0.4) is 0 Å². The number of hydrogen-bond donors (Lipinski definition) is 1. The molecule has 0 aliphatic carbocycles. The molecule has 0 saturated heterocycles. The average Bonchev–Trinajstić information content (AvgIpc) is 2.92. The van der Waals surface area contributed by atoms with E-state index in [1.807, 2.05) is 36.4 Å². The third kappa shape index (κ3) is 4.66. The monoisotopic (exact) mass is 331 g/mol. The Bertz CT molecular complexity index is 677. The summed E-state index contributed by atoms with van der Waals surface area (Å²) in [5, 5.41) is 3.42. The number of benzene rings is 1. The van der Waals surface area contributed by atoms with Gasteiger partial charge < -0.3 is 10.1 Å². The minimum absolute atomic E-state index is 0.140. The molecule has 1 N–H and O–H groups in total. The summed E-state index contributed by atoms with van der Waals surface area (Å²) < 4.78 is 5.08.